The number of likely N-dealkylation sites (N-methyl/N-ethyl adjacent to an activating group) is 1. The first-order chi connectivity index (χ1) is 8.86. The number of hydrogen-bond acceptors (Lipinski definition) is 3. The van der Waals surface area contributed by atoms with Crippen LogP contribution in [0.25, 0.3) is 0 Å². The second-order valence-electron chi connectivity index (χ2n) is 4.53. The molecule has 0 aromatic carbocycles. The largest absolute Gasteiger partial charge is 0.317 e. The summed E-state index contributed by atoms with van der Waals surface area (Å²) >= 11 is 0. The molecule has 1 aromatic heterocycles. The van der Waals surface area contributed by atoms with Gasteiger partial charge < -0.3 is 10.2 Å². The van der Waals surface area contributed by atoms with Gasteiger partial charge in [-0.25, -0.2) is 0 Å². The minimum atomic E-state index is 0.755. The lowest BCUT2D eigenvalue weighted by Gasteiger charge is -2.31. The molecule has 1 aliphatic heterocycles. The SMILES string of the molecule is CC.CN(CCc1ccccn1)C1CCNCC1. The van der Waals surface area contributed by atoms with E-state index in [0.29, 0.717) is 0 Å². The van der Waals surface area contributed by atoms with Gasteiger partial charge in [0.2, 0.25) is 0 Å². The lowest BCUT2D eigenvalue weighted by molar-refractivity contribution is 0.201. The average molecular weight is 249 g/mol. The third kappa shape index (κ3) is 5.15. The van der Waals surface area contributed by atoms with E-state index in [4.69, 9.17) is 0 Å². The maximum atomic E-state index is 4.36. The van der Waals surface area contributed by atoms with Crippen molar-refractivity contribution in [3.63, 3.8) is 0 Å². The molecule has 1 aliphatic rings. The van der Waals surface area contributed by atoms with Crippen molar-refractivity contribution in [1.82, 2.24) is 15.2 Å². The molecule has 0 unspecified atom stereocenters. The summed E-state index contributed by atoms with van der Waals surface area (Å²) in [6.07, 6.45) is 5.48. The quantitative estimate of drug-likeness (QED) is 0.888. The molecule has 1 saturated heterocycles. The third-order valence-electron chi connectivity index (χ3n) is 3.38. The van der Waals surface area contributed by atoms with Gasteiger partial charge in [0.25, 0.3) is 0 Å². The highest BCUT2D eigenvalue weighted by atomic mass is 15.1. The molecule has 0 aliphatic carbocycles. The van der Waals surface area contributed by atoms with Crippen molar-refractivity contribution in [3.05, 3.63) is 30.1 Å². The van der Waals surface area contributed by atoms with Crippen molar-refractivity contribution in [3.8, 4) is 0 Å². The Labute approximate surface area is 112 Å². The Balaban J connectivity index is 0.000000771. The van der Waals surface area contributed by atoms with Gasteiger partial charge in [0.1, 0.15) is 0 Å². The zero-order valence-electron chi connectivity index (χ0n) is 12.0. The second kappa shape index (κ2) is 9.06. The van der Waals surface area contributed by atoms with Gasteiger partial charge in [-0.05, 0) is 45.1 Å². The predicted octanol–water partition coefficient (Wildman–Crippen LogP) is 2.33. The van der Waals surface area contributed by atoms with Crippen molar-refractivity contribution in [2.45, 2.75) is 39.2 Å². The van der Waals surface area contributed by atoms with Gasteiger partial charge in [-0.3, -0.25) is 4.98 Å². The Morgan fingerprint density at radius 1 is 1.28 bits per heavy atom. The molecule has 18 heavy (non-hydrogen) atoms. The zero-order chi connectivity index (χ0) is 13.2. The summed E-state index contributed by atoms with van der Waals surface area (Å²) in [5, 5.41) is 3.40. The standard InChI is InChI=1S/C13H21N3.C2H6/c1-16(13-5-9-14-10-6-13)11-7-12-4-2-3-8-15-12;1-2/h2-4,8,13-14H,5-7,9-11H2,1H3;1-2H3. The Bertz CT molecular complexity index is 294. The van der Waals surface area contributed by atoms with E-state index in [1.165, 1.54) is 31.6 Å². The fourth-order valence-corrected chi connectivity index (χ4v) is 2.27. The monoisotopic (exact) mass is 249 g/mol. The van der Waals surface area contributed by atoms with Gasteiger partial charge in [-0.15, -0.1) is 0 Å². The smallest absolute Gasteiger partial charge is 0.0416 e. The number of piperidine rings is 1. The summed E-state index contributed by atoms with van der Waals surface area (Å²) in [7, 11) is 2.24. The first kappa shape index (κ1) is 15.1. The highest BCUT2D eigenvalue weighted by Gasteiger charge is 2.17. The molecule has 3 heteroatoms. The van der Waals surface area contributed by atoms with Gasteiger partial charge in [0.15, 0.2) is 0 Å². The van der Waals surface area contributed by atoms with Crippen LogP contribution in [0, 0.1) is 0 Å². The molecule has 0 atom stereocenters. The normalized spacial score (nSPS) is 16.2. The average Bonchev–Trinajstić information content (AvgIpc) is 2.49. The summed E-state index contributed by atoms with van der Waals surface area (Å²) in [4.78, 5) is 6.84. The van der Waals surface area contributed by atoms with Crippen LogP contribution in [0.5, 0.6) is 0 Å². The Morgan fingerprint density at radius 2 is 2.00 bits per heavy atom. The first-order valence-corrected chi connectivity index (χ1v) is 7.17. The summed E-state index contributed by atoms with van der Waals surface area (Å²) in [5.74, 6) is 0. The fraction of sp³-hybridized carbons (Fsp3) is 0.667. The van der Waals surface area contributed by atoms with Crippen LogP contribution in [0.3, 0.4) is 0 Å². The topological polar surface area (TPSA) is 28.2 Å². The summed E-state index contributed by atoms with van der Waals surface area (Å²) < 4.78 is 0. The highest BCUT2D eigenvalue weighted by molar-refractivity contribution is 5.03. The van der Waals surface area contributed by atoms with Crippen LogP contribution in [0.1, 0.15) is 32.4 Å². The number of rotatable bonds is 4. The van der Waals surface area contributed by atoms with Crippen molar-refractivity contribution in [2.75, 3.05) is 26.7 Å². The van der Waals surface area contributed by atoms with E-state index in [9.17, 15) is 0 Å². The van der Waals surface area contributed by atoms with Crippen LogP contribution in [-0.4, -0.2) is 42.6 Å². The van der Waals surface area contributed by atoms with E-state index in [1.807, 2.05) is 26.1 Å². The molecule has 102 valence electrons. The fourth-order valence-electron chi connectivity index (χ4n) is 2.27. The van der Waals surface area contributed by atoms with Crippen LogP contribution in [0.4, 0.5) is 0 Å². The van der Waals surface area contributed by atoms with Gasteiger partial charge in [-0.2, -0.15) is 0 Å². The zero-order valence-corrected chi connectivity index (χ0v) is 12.0. The first-order valence-electron chi connectivity index (χ1n) is 7.17. The number of nitrogens with one attached hydrogen (secondary N) is 1. The van der Waals surface area contributed by atoms with E-state index in [1.54, 1.807) is 0 Å². The molecule has 1 N–H and O–H groups in total. The van der Waals surface area contributed by atoms with Gasteiger partial charge >= 0.3 is 0 Å². The number of aromatic nitrogens is 1. The summed E-state index contributed by atoms with van der Waals surface area (Å²) in [6.45, 7) is 7.44. The maximum Gasteiger partial charge on any atom is 0.0416 e. The molecule has 2 heterocycles. The summed E-state index contributed by atoms with van der Waals surface area (Å²) in [6, 6.07) is 6.90. The van der Waals surface area contributed by atoms with Crippen LogP contribution in [0.2, 0.25) is 0 Å². The van der Waals surface area contributed by atoms with Crippen LogP contribution < -0.4 is 5.32 Å². The molecule has 1 fully saturated rings. The Hall–Kier alpha value is -0.930. The van der Waals surface area contributed by atoms with Crippen molar-refractivity contribution in [2.24, 2.45) is 0 Å². The number of pyridine rings is 1. The molecule has 1 aromatic rings. The summed E-state index contributed by atoms with van der Waals surface area (Å²) in [5.41, 5.74) is 1.20. The number of hydrogen-bond donors (Lipinski definition) is 1. The molecular formula is C15H27N3. The molecule has 2 rings (SSSR count). The van der Waals surface area contributed by atoms with Crippen LogP contribution in [0.15, 0.2) is 24.4 Å². The van der Waals surface area contributed by atoms with Gasteiger partial charge in [0, 0.05) is 30.9 Å². The van der Waals surface area contributed by atoms with Crippen LogP contribution >= 0.6 is 0 Å². The van der Waals surface area contributed by atoms with E-state index in [2.05, 4.69) is 34.4 Å². The van der Waals surface area contributed by atoms with Crippen molar-refractivity contribution in [1.29, 1.82) is 0 Å². The highest BCUT2D eigenvalue weighted by Crippen LogP contribution is 2.10. The minimum absolute atomic E-state index is 0.755. The molecule has 0 saturated carbocycles. The lowest BCUT2D eigenvalue weighted by atomic mass is 10.1. The predicted molar refractivity (Wildman–Crippen MR) is 77.8 cm³/mol. The van der Waals surface area contributed by atoms with E-state index < -0.39 is 0 Å². The molecule has 3 nitrogen and oxygen atoms in total. The molecule has 0 amide bonds. The maximum absolute atomic E-state index is 4.36. The van der Waals surface area contributed by atoms with E-state index in [0.717, 1.165) is 19.0 Å². The van der Waals surface area contributed by atoms with Crippen molar-refractivity contribution < 1.29 is 0 Å². The molecular weight excluding hydrogens is 222 g/mol. The molecule has 0 radical (unpaired) electrons. The van der Waals surface area contributed by atoms with Crippen molar-refractivity contribution >= 4 is 0 Å². The Kier molecular flexibility index (Phi) is 7.62. The number of nitrogens with zero attached hydrogens (tertiary/aromatic N) is 2. The Morgan fingerprint density at radius 3 is 2.61 bits per heavy atom. The minimum Gasteiger partial charge on any atom is -0.317 e. The van der Waals surface area contributed by atoms with Crippen LogP contribution in [-0.2, 0) is 6.42 Å². The lowest BCUT2D eigenvalue weighted by Crippen LogP contribution is -2.41. The van der Waals surface area contributed by atoms with Gasteiger partial charge in [0.05, 0.1) is 0 Å². The third-order valence-corrected chi connectivity index (χ3v) is 3.38. The molecule has 0 bridgehead atoms. The second-order valence-corrected chi connectivity index (χ2v) is 4.53. The van der Waals surface area contributed by atoms with E-state index >= 15 is 0 Å². The van der Waals surface area contributed by atoms with Gasteiger partial charge in [-0.1, -0.05) is 19.9 Å². The molecule has 0 spiro atoms. The van der Waals surface area contributed by atoms with E-state index in [-0.39, 0.29) is 0 Å².